The van der Waals surface area contributed by atoms with Crippen molar-refractivity contribution in [2.24, 2.45) is 5.92 Å². The SMILES string of the molecule is CC(C)Cc1noc(-c2cc(Br)cc(Br)c2N)n1. The predicted molar refractivity (Wildman–Crippen MR) is 78.1 cm³/mol. The number of nitrogens with zero attached hydrogens (tertiary/aromatic N) is 2. The van der Waals surface area contributed by atoms with E-state index < -0.39 is 0 Å². The Balaban J connectivity index is 2.40. The number of nitrogen functional groups attached to an aromatic ring is 1. The van der Waals surface area contributed by atoms with Crippen LogP contribution in [-0.2, 0) is 6.42 Å². The summed E-state index contributed by atoms with van der Waals surface area (Å²) in [6.45, 7) is 4.22. The average molecular weight is 375 g/mol. The number of aromatic nitrogens is 2. The number of rotatable bonds is 3. The molecule has 0 aliphatic rings. The van der Waals surface area contributed by atoms with Crippen molar-refractivity contribution in [1.82, 2.24) is 10.1 Å². The number of anilines is 1. The third-order valence-electron chi connectivity index (χ3n) is 2.38. The third kappa shape index (κ3) is 2.92. The highest BCUT2D eigenvalue weighted by Crippen LogP contribution is 2.34. The van der Waals surface area contributed by atoms with Crippen molar-refractivity contribution in [3.05, 3.63) is 26.9 Å². The van der Waals surface area contributed by atoms with Gasteiger partial charge in [0.25, 0.3) is 5.89 Å². The molecule has 0 radical (unpaired) electrons. The van der Waals surface area contributed by atoms with E-state index in [0.717, 1.165) is 20.9 Å². The van der Waals surface area contributed by atoms with E-state index in [4.69, 9.17) is 10.3 Å². The highest BCUT2D eigenvalue weighted by Gasteiger charge is 2.15. The molecule has 2 N–H and O–H groups in total. The normalized spacial score (nSPS) is 11.2. The van der Waals surface area contributed by atoms with Crippen molar-refractivity contribution >= 4 is 37.5 Å². The van der Waals surface area contributed by atoms with E-state index >= 15 is 0 Å². The monoisotopic (exact) mass is 373 g/mol. The molecule has 0 fully saturated rings. The molecule has 0 aliphatic heterocycles. The Morgan fingerprint density at radius 1 is 1.33 bits per heavy atom. The summed E-state index contributed by atoms with van der Waals surface area (Å²) < 4.78 is 6.97. The highest BCUT2D eigenvalue weighted by atomic mass is 79.9. The van der Waals surface area contributed by atoms with Crippen molar-refractivity contribution in [2.75, 3.05) is 5.73 Å². The summed E-state index contributed by atoms with van der Waals surface area (Å²) in [5, 5.41) is 3.96. The van der Waals surface area contributed by atoms with Crippen LogP contribution >= 0.6 is 31.9 Å². The lowest BCUT2D eigenvalue weighted by Gasteiger charge is -2.04. The van der Waals surface area contributed by atoms with Gasteiger partial charge in [0.2, 0.25) is 0 Å². The van der Waals surface area contributed by atoms with Gasteiger partial charge in [0.05, 0.1) is 11.3 Å². The molecule has 0 unspecified atom stereocenters. The second-order valence-corrected chi connectivity index (χ2v) is 6.23. The maximum Gasteiger partial charge on any atom is 0.260 e. The largest absolute Gasteiger partial charge is 0.397 e. The van der Waals surface area contributed by atoms with Gasteiger partial charge in [-0.25, -0.2) is 0 Å². The maximum atomic E-state index is 6.00. The van der Waals surface area contributed by atoms with Crippen LogP contribution in [0.15, 0.2) is 25.6 Å². The Labute approximate surface area is 122 Å². The Morgan fingerprint density at radius 2 is 2.06 bits per heavy atom. The van der Waals surface area contributed by atoms with E-state index in [0.29, 0.717) is 23.3 Å². The minimum atomic E-state index is 0.449. The zero-order valence-corrected chi connectivity index (χ0v) is 13.2. The Morgan fingerprint density at radius 3 is 2.72 bits per heavy atom. The van der Waals surface area contributed by atoms with Gasteiger partial charge in [0.15, 0.2) is 5.82 Å². The van der Waals surface area contributed by atoms with Crippen molar-refractivity contribution in [3.8, 4) is 11.5 Å². The fourth-order valence-electron chi connectivity index (χ4n) is 1.57. The molecule has 0 saturated carbocycles. The Kier molecular flexibility index (Phi) is 4.07. The molecule has 0 spiro atoms. The van der Waals surface area contributed by atoms with Crippen LogP contribution in [-0.4, -0.2) is 10.1 Å². The molecule has 1 aromatic carbocycles. The number of hydrogen-bond donors (Lipinski definition) is 1. The second kappa shape index (κ2) is 5.40. The number of nitrogens with two attached hydrogens (primary N) is 1. The lowest BCUT2D eigenvalue weighted by molar-refractivity contribution is 0.418. The molecule has 18 heavy (non-hydrogen) atoms. The lowest BCUT2D eigenvalue weighted by Crippen LogP contribution is -1.96. The minimum Gasteiger partial charge on any atom is -0.397 e. The first kappa shape index (κ1) is 13.5. The molecule has 96 valence electrons. The zero-order valence-electron chi connectivity index (χ0n) is 10.1. The summed E-state index contributed by atoms with van der Waals surface area (Å²) in [5.74, 6) is 1.64. The quantitative estimate of drug-likeness (QED) is 0.823. The zero-order chi connectivity index (χ0) is 13.3. The van der Waals surface area contributed by atoms with Crippen LogP contribution in [0.4, 0.5) is 5.69 Å². The van der Waals surface area contributed by atoms with E-state index in [1.54, 1.807) is 0 Å². The molecule has 0 saturated heterocycles. The lowest BCUT2D eigenvalue weighted by atomic mass is 10.1. The first-order chi connectivity index (χ1) is 8.47. The first-order valence-electron chi connectivity index (χ1n) is 5.55. The molecule has 2 rings (SSSR count). The van der Waals surface area contributed by atoms with Gasteiger partial charge in [-0.1, -0.05) is 34.9 Å². The molecule has 0 aliphatic carbocycles. The Bertz CT molecular complexity index is 566. The van der Waals surface area contributed by atoms with E-state index in [-0.39, 0.29) is 0 Å². The van der Waals surface area contributed by atoms with Gasteiger partial charge >= 0.3 is 0 Å². The van der Waals surface area contributed by atoms with Crippen molar-refractivity contribution in [1.29, 1.82) is 0 Å². The topological polar surface area (TPSA) is 64.9 Å². The summed E-state index contributed by atoms with van der Waals surface area (Å²) in [7, 11) is 0. The van der Waals surface area contributed by atoms with Crippen LogP contribution < -0.4 is 5.73 Å². The Hall–Kier alpha value is -0.880. The first-order valence-corrected chi connectivity index (χ1v) is 7.13. The molecule has 1 aromatic heterocycles. The van der Waals surface area contributed by atoms with E-state index in [1.807, 2.05) is 12.1 Å². The van der Waals surface area contributed by atoms with Gasteiger partial charge in [0.1, 0.15) is 0 Å². The van der Waals surface area contributed by atoms with Gasteiger partial charge in [-0.05, 0) is 34.0 Å². The summed E-state index contributed by atoms with van der Waals surface area (Å²) in [6.07, 6.45) is 0.790. The summed E-state index contributed by atoms with van der Waals surface area (Å²) >= 11 is 6.81. The van der Waals surface area contributed by atoms with Crippen molar-refractivity contribution in [2.45, 2.75) is 20.3 Å². The van der Waals surface area contributed by atoms with Crippen LogP contribution in [0, 0.1) is 5.92 Å². The van der Waals surface area contributed by atoms with Gasteiger partial charge in [-0.3, -0.25) is 0 Å². The molecule has 2 aromatic rings. The van der Waals surface area contributed by atoms with E-state index in [2.05, 4.69) is 55.8 Å². The standard InChI is InChI=1S/C12H13Br2N3O/c1-6(2)3-10-16-12(18-17-10)8-4-7(13)5-9(14)11(8)15/h4-6H,3,15H2,1-2H3. The second-order valence-electron chi connectivity index (χ2n) is 4.46. The fourth-order valence-corrected chi connectivity index (χ4v) is 2.80. The fraction of sp³-hybridized carbons (Fsp3) is 0.333. The van der Waals surface area contributed by atoms with Crippen LogP contribution in [0.2, 0.25) is 0 Å². The minimum absolute atomic E-state index is 0.449. The predicted octanol–water partition coefficient (Wildman–Crippen LogP) is 4.04. The molecular formula is C12H13Br2N3O. The van der Waals surface area contributed by atoms with Gasteiger partial charge in [-0.15, -0.1) is 0 Å². The number of benzene rings is 1. The summed E-state index contributed by atoms with van der Waals surface area (Å²) in [6, 6.07) is 3.75. The smallest absolute Gasteiger partial charge is 0.260 e. The van der Waals surface area contributed by atoms with Gasteiger partial charge in [-0.2, -0.15) is 4.98 Å². The maximum absolute atomic E-state index is 6.00. The molecule has 0 atom stereocenters. The highest BCUT2D eigenvalue weighted by molar-refractivity contribution is 9.11. The van der Waals surface area contributed by atoms with E-state index in [9.17, 15) is 0 Å². The average Bonchev–Trinajstić information content (AvgIpc) is 2.70. The van der Waals surface area contributed by atoms with Crippen molar-refractivity contribution < 1.29 is 4.52 Å². The third-order valence-corrected chi connectivity index (χ3v) is 3.50. The molecule has 0 bridgehead atoms. The van der Waals surface area contributed by atoms with Crippen LogP contribution in [0.3, 0.4) is 0 Å². The van der Waals surface area contributed by atoms with Gasteiger partial charge < -0.3 is 10.3 Å². The van der Waals surface area contributed by atoms with E-state index in [1.165, 1.54) is 0 Å². The molecule has 4 nitrogen and oxygen atoms in total. The van der Waals surface area contributed by atoms with Crippen LogP contribution in [0.1, 0.15) is 19.7 Å². The molecule has 6 heteroatoms. The number of halogens is 2. The number of hydrogen-bond acceptors (Lipinski definition) is 4. The van der Waals surface area contributed by atoms with Gasteiger partial charge in [0, 0.05) is 15.4 Å². The summed E-state index contributed by atoms with van der Waals surface area (Å²) in [5.41, 5.74) is 7.33. The molecule has 1 heterocycles. The molecule has 0 amide bonds. The van der Waals surface area contributed by atoms with Crippen LogP contribution in [0.25, 0.3) is 11.5 Å². The summed E-state index contributed by atoms with van der Waals surface area (Å²) in [4.78, 5) is 4.36. The van der Waals surface area contributed by atoms with Crippen LogP contribution in [0.5, 0.6) is 0 Å². The molecular weight excluding hydrogens is 362 g/mol. The van der Waals surface area contributed by atoms with Crippen molar-refractivity contribution in [3.63, 3.8) is 0 Å².